The van der Waals surface area contributed by atoms with Crippen LogP contribution in [0.2, 0.25) is 5.02 Å². The SMILES string of the molecule is O=C(OCCCOc1ccc(OC(=O)c2ccccc2)c(Cl)c1)c1ccccc1. The van der Waals surface area contributed by atoms with Crippen LogP contribution in [-0.4, -0.2) is 25.2 Å². The Balaban J connectivity index is 1.43. The lowest BCUT2D eigenvalue weighted by Gasteiger charge is -2.10. The van der Waals surface area contributed by atoms with Gasteiger partial charge in [-0.15, -0.1) is 0 Å². The Kier molecular flexibility index (Phi) is 7.25. The van der Waals surface area contributed by atoms with Crippen molar-refractivity contribution in [1.29, 1.82) is 0 Å². The average Bonchev–Trinajstić information content (AvgIpc) is 2.76. The second-order valence-corrected chi connectivity index (χ2v) is 6.46. The number of hydrogen-bond acceptors (Lipinski definition) is 5. The largest absolute Gasteiger partial charge is 0.493 e. The molecule has 0 heterocycles. The highest BCUT2D eigenvalue weighted by molar-refractivity contribution is 6.32. The van der Waals surface area contributed by atoms with E-state index in [0.717, 1.165) is 0 Å². The summed E-state index contributed by atoms with van der Waals surface area (Å²) in [7, 11) is 0. The number of carbonyl (C=O) groups is 2. The van der Waals surface area contributed by atoms with Crippen molar-refractivity contribution in [3.8, 4) is 11.5 Å². The highest BCUT2D eigenvalue weighted by Crippen LogP contribution is 2.29. The van der Waals surface area contributed by atoms with E-state index in [0.29, 0.717) is 29.9 Å². The van der Waals surface area contributed by atoms with Crippen LogP contribution in [-0.2, 0) is 4.74 Å². The fourth-order valence-electron chi connectivity index (χ4n) is 2.46. The van der Waals surface area contributed by atoms with Crippen molar-refractivity contribution >= 4 is 23.5 Å². The van der Waals surface area contributed by atoms with E-state index in [1.807, 2.05) is 12.1 Å². The third-order valence-corrected chi connectivity index (χ3v) is 4.21. The number of rotatable bonds is 8. The van der Waals surface area contributed by atoms with Crippen LogP contribution in [0.15, 0.2) is 78.9 Å². The maximum absolute atomic E-state index is 12.1. The lowest BCUT2D eigenvalue weighted by Crippen LogP contribution is -2.09. The first-order valence-corrected chi connectivity index (χ1v) is 9.43. The molecule has 0 saturated carbocycles. The molecule has 0 radical (unpaired) electrons. The van der Waals surface area contributed by atoms with Crippen LogP contribution < -0.4 is 9.47 Å². The van der Waals surface area contributed by atoms with Crippen molar-refractivity contribution in [2.24, 2.45) is 0 Å². The first kappa shape index (κ1) is 20.4. The molecular formula is C23H19ClO5. The summed E-state index contributed by atoms with van der Waals surface area (Å²) in [5.74, 6) is -0.0619. The number of esters is 2. The number of carbonyl (C=O) groups excluding carboxylic acids is 2. The molecule has 148 valence electrons. The summed E-state index contributed by atoms with van der Waals surface area (Å²) in [6.45, 7) is 0.593. The molecular weight excluding hydrogens is 392 g/mol. The Morgan fingerprint density at radius 3 is 2.00 bits per heavy atom. The molecule has 0 spiro atoms. The second kappa shape index (κ2) is 10.3. The molecule has 3 rings (SSSR count). The van der Waals surface area contributed by atoms with Gasteiger partial charge in [0.05, 0.1) is 29.4 Å². The van der Waals surface area contributed by atoms with Crippen LogP contribution in [0.3, 0.4) is 0 Å². The molecule has 6 heteroatoms. The standard InChI is InChI=1S/C23H19ClO5/c24-20-16-19(12-13-21(20)29-23(26)18-10-5-2-6-11-18)27-14-7-15-28-22(25)17-8-3-1-4-9-17/h1-6,8-13,16H,7,14-15H2. The monoisotopic (exact) mass is 410 g/mol. The molecule has 3 aromatic rings. The topological polar surface area (TPSA) is 61.8 Å². The molecule has 3 aromatic carbocycles. The summed E-state index contributed by atoms with van der Waals surface area (Å²) in [5, 5.41) is 0.266. The van der Waals surface area contributed by atoms with E-state index >= 15 is 0 Å². The maximum atomic E-state index is 12.1. The lowest BCUT2D eigenvalue weighted by atomic mass is 10.2. The number of hydrogen-bond donors (Lipinski definition) is 0. The third kappa shape index (κ3) is 6.09. The Morgan fingerprint density at radius 1 is 0.759 bits per heavy atom. The number of ether oxygens (including phenoxy) is 3. The van der Waals surface area contributed by atoms with Crippen molar-refractivity contribution in [2.45, 2.75) is 6.42 Å². The van der Waals surface area contributed by atoms with Gasteiger partial charge in [-0.25, -0.2) is 9.59 Å². The van der Waals surface area contributed by atoms with Crippen LogP contribution in [0.5, 0.6) is 11.5 Å². The minimum Gasteiger partial charge on any atom is -0.493 e. The van der Waals surface area contributed by atoms with Crippen molar-refractivity contribution < 1.29 is 23.8 Å². The zero-order valence-electron chi connectivity index (χ0n) is 15.5. The van der Waals surface area contributed by atoms with Gasteiger partial charge in [-0.05, 0) is 36.4 Å². The molecule has 0 saturated heterocycles. The fraction of sp³-hybridized carbons (Fsp3) is 0.130. The smallest absolute Gasteiger partial charge is 0.343 e. The van der Waals surface area contributed by atoms with E-state index in [4.69, 9.17) is 25.8 Å². The summed E-state index contributed by atoms with van der Waals surface area (Å²) in [4.78, 5) is 23.9. The summed E-state index contributed by atoms with van der Waals surface area (Å²) in [6, 6.07) is 22.3. The minimum atomic E-state index is -0.485. The summed E-state index contributed by atoms with van der Waals surface area (Å²) in [5.41, 5.74) is 0.954. The third-order valence-electron chi connectivity index (χ3n) is 3.92. The molecule has 0 fully saturated rings. The van der Waals surface area contributed by atoms with Crippen LogP contribution in [0.1, 0.15) is 27.1 Å². The van der Waals surface area contributed by atoms with Crippen LogP contribution in [0.4, 0.5) is 0 Å². The number of benzene rings is 3. The van der Waals surface area contributed by atoms with Crippen LogP contribution >= 0.6 is 11.6 Å². The lowest BCUT2D eigenvalue weighted by molar-refractivity contribution is 0.0485. The molecule has 0 aromatic heterocycles. The molecule has 0 aliphatic heterocycles. The van der Waals surface area contributed by atoms with Crippen molar-refractivity contribution in [2.75, 3.05) is 13.2 Å². The van der Waals surface area contributed by atoms with Gasteiger partial charge in [-0.3, -0.25) is 0 Å². The summed E-state index contributed by atoms with van der Waals surface area (Å²) >= 11 is 6.18. The van der Waals surface area contributed by atoms with Crippen molar-refractivity contribution in [3.05, 3.63) is 95.0 Å². The molecule has 0 N–H and O–H groups in total. The molecule has 0 aliphatic rings. The van der Waals surface area contributed by atoms with Gasteiger partial charge in [0.1, 0.15) is 11.5 Å². The van der Waals surface area contributed by atoms with Crippen molar-refractivity contribution in [1.82, 2.24) is 0 Å². The van der Waals surface area contributed by atoms with Crippen LogP contribution in [0.25, 0.3) is 0 Å². The molecule has 0 bridgehead atoms. The zero-order chi connectivity index (χ0) is 20.5. The van der Waals surface area contributed by atoms with Crippen molar-refractivity contribution in [3.63, 3.8) is 0 Å². The van der Waals surface area contributed by atoms with Gasteiger partial charge >= 0.3 is 11.9 Å². The highest BCUT2D eigenvalue weighted by atomic mass is 35.5. The first-order valence-electron chi connectivity index (χ1n) is 9.05. The molecule has 29 heavy (non-hydrogen) atoms. The highest BCUT2D eigenvalue weighted by Gasteiger charge is 2.11. The second-order valence-electron chi connectivity index (χ2n) is 6.05. The average molecular weight is 411 g/mol. The first-order chi connectivity index (χ1) is 14.1. The van der Waals surface area contributed by atoms with E-state index in [2.05, 4.69) is 0 Å². The van der Waals surface area contributed by atoms with E-state index in [-0.39, 0.29) is 23.3 Å². The van der Waals surface area contributed by atoms with Gasteiger partial charge in [0, 0.05) is 12.5 Å². The number of halogens is 1. The Labute approximate surface area is 173 Å². The van der Waals surface area contributed by atoms with Gasteiger partial charge in [0.25, 0.3) is 0 Å². The van der Waals surface area contributed by atoms with Gasteiger partial charge in [0.15, 0.2) is 0 Å². The van der Waals surface area contributed by atoms with E-state index in [1.165, 1.54) is 0 Å². The quantitative estimate of drug-likeness (QED) is 0.290. The fourth-order valence-corrected chi connectivity index (χ4v) is 2.67. The summed E-state index contributed by atoms with van der Waals surface area (Å²) < 4.78 is 16.1. The molecule has 5 nitrogen and oxygen atoms in total. The Bertz CT molecular complexity index is 958. The Hall–Kier alpha value is -3.31. The van der Waals surface area contributed by atoms with Gasteiger partial charge in [-0.1, -0.05) is 48.0 Å². The van der Waals surface area contributed by atoms with Gasteiger partial charge in [0.2, 0.25) is 0 Å². The molecule has 0 amide bonds. The maximum Gasteiger partial charge on any atom is 0.343 e. The van der Waals surface area contributed by atoms with E-state index in [9.17, 15) is 9.59 Å². The zero-order valence-corrected chi connectivity index (χ0v) is 16.3. The predicted octanol–water partition coefficient (Wildman–Crippen LogP) is 5.19. The van der Waals surface area contributed by atoms with Gasteiger partial charge in [-0.2, -0.15) is 0 Å². The Morgan fingerprint density at radius 2 is 1.38 bits per heavy atom. The van der Waals surface area contributed by atoms with E-state index in [1.54, 1.807) is 66.7 Å². The van der Waals surface area contributed by atoms with E-state index < -0.39 is 5.97 Å². The van der Waals surface area contributed by atoms with Gasteiger partial charge < -0.3 is 14.2 Å². The summed E-state index contributed by atoms with van der Waals surface area (Å²) in [6.07, 6.45) is 0.529. The van der Waals surface area contributed by atoms with Crippen LogP contribution in [0, 0.1) is 0 Å². The molecule has 0 aliphatic carbocycles. The molecule has 0 atom stereocenters. The normalized spacial score (nSPS) is 10.2. The minimum absolute atomic E-state index is 0.244. The predicted molar refractivity (Wildman–Crippen MR) is 110 cm³/mol. The molecule has 0 unspecified atom stereocenters.